The number of hydrogen-bond acceptors (Lipinski definition) is 4. The molecule has 1 aromatic rings. The van der Waals surface area contributed by atoms with E-state index in [1.807, 2.05) is 20.8 Å². The van der Waals surface area contributed by atoms with Gasteiger partial charge in [0.1, 0.15) is 5.60 Å². The Bertz CT molecular complexity index is 537. The predicted molar refractivity (Wildman–Crippen MR) is 87.3 cm³/mol. The first kappa shape index (κ1) is 16.8. The molecule has 0 bridgehead atoms. The fraction of sp³-hybridized carbons (Fsp3) is 0.588. The van der Waals surface area contributed by atoms with Crippen LogP contribution >= 0.6 is 0 Å². The van der Waals surface area contributed by atoms with Crippen molar-refractivity contribution in [2.24, 2.45) is 5.73 Å². The normalized spacial score (nSPS) is 15.6. The number of nitrogens with zero attached hydrogens (tertiary/aromatic N) is 1. The van der Waals surface area contributed by atoms with Gasteiger partial charge in [-0.05, 0) is 44.4 Å². The highest BCUT2D eigenvalue weighted by atomic mass is 16.6. The Kier molecular flexibility index (Phi) is 5.08. The number of nitrogens with two attached hydrogens (primary N) is 1. The zero-order valence-electron chi connectivity index (χ0n) is 14.0. The molecule has 22 heavy (non-hydrogen) atoms. The molecule has 1 amide bonds. The quantitative estimate of drug-likeness (QED) is 0.896. The van der Waals surface area contributed by atoms with Gasteiger partial charge in [0.25, 0.3) is 0 Å². The van der Waals surface area contributed by atoms with Gasteiger partial charge in [0, 0.05) is 32.2 Å². The standard InChI is InChI=1S/C17H27N3O2/c1-12(8-18)19-9-13-5-6-14-10-20(11-15(14)7-13)16(21)22-17(2,3)4/h5-7,12,19H,8-11,18H2,1-4H3. The van der Waals surface area contributed by atoms with Gasteiger partial charge in [0.15, 0.2) is 0 Å². The van der Waals surface area contributed by atoms with E-state index in [0.717, 1.165) is 6.54 Å². The molecule has 0 fully saturated rings. The molecular weight excluding hydrogens is 278 g/mol. The van der Waals surface area contributed by atoms with E-state index in [1.54, 1.807) is 4.90 Å². The van der Waals surface area contributed by atoms with Gasteiger partial charge in [0.2, 0.25) is 0 Å². The molecule has 1 aliphatic rings. The summed E-state index contributed by atoms with van der Waals surface area (Å²) in [4.78, 5) is 13.9. The molecule has 3 N–H and O–H groups in total. The van der Waals surface area contributed by atoms with Gasteiger partial charge in [-0.3, -0.25) is 4.90 Å². The first-order valence-corrected chi connectivity index (χ1v) is 7.80. The zero-order valence-corrected chi connectivity index (χ0v) is 14.0. The zero-order chi connectivity index (χ0) is 16.3. The number of amides is 1. The fourth-order valence-corrected chi connectivity index (χ4v) is 2.39. The van der Waals surface area contributed by atoms with Crippen molar-refractivity contribution in [3.8, 4) is 0 Å². The van der Waals surface area contributed by atoms with Gasteiger partial charge in [-0.2, -0.15) is 0 Å². The summed E-state index contributed by atoms with van der Waals surface area (Å²) in [5.74, 6) is 0. The van der Waals surface area contributed by atoms with Gasteiger partial charge >= 0.3 is 6.09 Å². The minimum absolute atomic E-state index is 0.250. The van der Waals surface area contributed by atoms with Crippen molar-refractivity contribution in [2.45, 2.75) is 59.0 Å². The lowest BCUT2D eigenvalue weighted by Crippen LogP contribution is -2.33. The van der Waals surface area contributed by atoms with E-state index in [-0.39, 0.29) is 6.09 Å². The lowest BCUT2D eigenvalue weighted by molar-refractivity contribution is 0.0242. The molecule has 0 saturated carbocycles. The van der Waals surface area contributed by atoms with E-state index in [0.29, 0.717) is 25.7 Å². The molecule has 2 rings (SSSR count). The molecule has 0 spiro atoms. The molecule has 122 valence electrons. The van der Waals surface area contributed by atoms with Gasteiger partial charge < -0.3 is 15.8 Å². The molecule has 0 saturated heterocycles. The highest BCUT2D eigenvalue weighted by Gasteiger charge is 2.27. The number of benzene rings is 1. The Morgan fingerprint density at radius 1 is 1.36 bits per heavy atom. The third kappa shape index (κ3) is 4.45. The summed E-state index contributed by atoms with van der Waals surface area (Å²) in [6.07, 6.45) is -0.250. The van der Waals surface area contributed by atoms with Crippen LogP contribution in [-0.4, -0.2) is 29.2 Å². The van der Waals surface area contributed by atoms with Crippen LogP contribution in [0.15, 0.2) is 18.2 Å². The minimum Gasteiger partial charge on any atom is -0.444 e. The topological polar surface area (TPSA) is 67.6 Å². The Labute approximate surface area is 132 Å². The predicted octanol–water partition coefficient (Wildman–Crippen LogP) is 2.37. The maximum absolute atomic E-state index is 12.1. The van der Waals surface area contributed by atoms with Crippen molar-refractivity contribution in [2.75, 3.05) is 6.54 Å². The van der Waals surface area contributed by atoms with Crippen molar-refractivity contribution in [1.82, 2.24) is 10.2 Å². The third-order valence-electron chi connectivity index (χ3n) is 3.65. The fourth-order valence-electron chi connectivity index (χ4n) is 2.39. The highest BCUT2D eigenvalue weighted by molar-refractivity contribution is 5.69. The molecule has 5 nitrogen and oxygen atoms in total. The van der Waals surface area contributed by atoms with Gasteiger partial charge in [-0.15, -0.1) is 0 Å². The molecule has 0 aromatic heterocycles. The number of ether oxygens (including phenoxy) is 1. The number of nitrogens with one attached hydrogen (secondary N) is 1. The van der Waals surface area contributed by atoms with Crippen LogP contribution in [0.1, 0.15) is 44.4 Å². The second-order valence-corrected chi connectivity index (χ2v) is 6.96. The monoisotopic (exact) mass is 305 g/mol. The number of carbonyl (C=O) groups excluding carboxylic acids is 1. The molecule has 1 unspecified atom stereocenters. The van der Waals surface area contributed by atoms with Crippen LogP contribution in [0.3, 0.4) is 0 Å². The average molecular weight is 305 g/mol. The summed E-state index contributed by atoms with van der Waals surface area (Å²) >= 11 is 0. The summed E-state index contributed by atoms with van der Waals surface area (Å²) in [5.41, 5.74) is 8.76. The Morgan fingerprint density at radius 3 is 2.68 bits per heavy atom. The Hall–Kier alpha value is -1.59. The van der Waals surface area contributed by atoms with Crippen LogP contribution in [0.25, 0.3) is 0 Å². The summed E-state index contributed by atoms with van der Waals surface area (Å²) < 4.78 is 5.44. The lowest BCUT2D eigenvalue weighted by Gasteiger charge is -2.24. The van der Waals surface area contributed by atoms with E-state index >= 15 is 0 Å². The molecular formula is C17H27N3O2. The molecule has 0 aliphatic carbocycles. The van der Waals surface area contributed by atoms with Crippen molar-refractivity contribution in [3.05, 3.63) is 34.9 Å². The number of hydrogen-bond donors (Lipinski definition) is 2. The second kappa shape index (κ2) is 6.67. The number of fused-ring (bicyclic) bond motifs is 1. The average Bonchev–Trinajstić information content (AvgIpc) is 2.86. The smallest absolute Gasteiger partial charge is 0.410 e. The third-order valence-corrected chi connectivity index (χ3v) is 3.65. The highest BCUT2D eigenvalue weighted by Crippen LogP contribution is 2.25. The molecule has 0 radical (unpaired) electrons. The molecule has 1 aromatic carbocycles. The van der Waals surface area contributed by atoms with E-state index in [9.17, 15) is 4.79 Å². The SMILES string of the molecule is CC(CN)NCc1ccc2c(c1)CN(C(=O)OC(C)(C)C)C2. The van der Waals surface area contributed by atoms with Gasteiger partial charge in [-0.25, -0.2) is 4.79 Å². The summed E-state index contributed by atoms with van der Waals surface area (Å²) in [5, 5.41) is 3.37. The van der Waals surface area contributed by atoms with E-state index < -0.39 is 5.60 Å². The van der Waals surface area contributed by atoms with E-state index in [2.05, 4.69) is 30.4 Å². The van der Waals surface area contributed by atoms with E-state index in [4.69, 9.17) is 10.5 Å². The van der Waals surface area contributed by atoms with Crippen LogP contribution in [0.5, 0.6) is 0 Å². The van der Waals surface area contributed by atoms with Crippen LogP contribution in [0.2, 0.25) is 0 Å². The van der Waals surface area contributed by atoms with Crippen molar-refractivity contribution in [3.63, 3.8) is 0 Å². The van der Waals surface area contributed by atoms with Gasteiger partial charge in [-0.1, -0.05) is 18.2 Å². The number of rotatable bonds is 4. The van der Waals surface area contributed by atoms with Crippen molar-refractivity contribution < 1.29 is 9.53 Å². The largest absolute Gasteiger partial charge is 0.444 e. The first-order chi connectivity index (χ1) is 10.3. The van der Waals surface area contributed by atoms with Crippen LogP contribution in [0, 0.1) is 0 Å². The molecule has 5 heteroatoms. The van der Waals surface area contributed by atoms with Crippen LogP contribution < -0.4 is 11.1 Å². The first-order valence-electron chi connectivity index (χ1n) is 7.80. The van der Waals surface area contributed by atoms with E-state index in [1.165, 1.54) is 16.7 Å². The second-order valence-electron chi connectivity index (χ2n) is 6.96. The van der Waals surface area contributed by atoms with Crippen LogP contribution in [0.4, 0.5) is 4.79 Å². The van der Waals surface area contributed by atoms with Crippen molar-refractivity contribution in [1.29, 1.82) is 0 Å². The summed E-state index contributed by atoms with van der Waals surface area (Å²) in [6, 6.07) is 6.67. The molecule has 1 aliphatic heterocycles. The number of carbonyl (C=O) groups is 1. The molecule has 1 heterocycles. The maximum atomic E-state index is 12.1. The van der Waals surface area contributed by atoms with Gasteiger partial charge in [0.05, 0.1) is 0 Å². The molecule has 1 atom stereocenters. The van der Waals surface area contributed by atoms with Crippen molar-refractivity contribution >= 4 is 6.09 Å². The van der Waals surface area contributed by atoms with Crippen LogP contribution in [-0.2, 0) is 24.4 Å². The summed E-state index contributed by atoms with van der Waals surface area (Å²) in [6.45, 7) is 10.4. The Morgan fingerprint density at radius 2 is 2.05 bits per heavy atom. The lowest BCUT2D eigenvalue weighted by atomic mass is 10.1. The maximum Gasteiger partial charge on any atom is 0.410 e. The summed E-state index contributed by atoms with van der Waals surface area (Å²) in [7, 11) is 0. The Balaban J connectivity index is 1.98. The minimum atomic E-state index is -0.459.